The summed E-state index contributed by atoms with van der Waals surface area (Å²) in [5.41, 5.74) is 4.09. The van der Waals surface area contributed by atoms with Crippen molar-refractivity contribution < 1.29 is 9.32 Å². The first-order chi connectivity index (χ1) is 14.1. The highest BCUT2D eigenvalue weighted by atomic mass is 16.5. The van der Waals surface area contributed by atoms with E-state index in [4.69, 9.17) is 4.52 Å². The molecular weight excluding hydrogens is 368 g/mol. The van der Waals surface area contributed by atoms with Crippen LogP contribution in [0, 0.1) is 19.8 Å². The van der Waals surface area contributed by atoms with E-state index in [2.05, 4.69) is 25.1 Å². The number of aryl methyl sites for hydroxylation is 2. The van der Waals surface area contributed by atoms with Crippen molar-refractivity contribution in [2.24, 2.45) is 5.92 Å². The summed E-state index contributed by atoms with van der Waals surface area (Å²) in [5.74, 6) is 1.22. The predicted octanol–water partition coefficient (Wildman–Crippen LogP) is 3.02. The van der Waals surface area contributed by atoms with Gasteiger partial charge < -0.3 is 9.42 Å². The summed E-state index contributed by atoms with van der Waals surface area (Å²) >= 11 is 0. The van der Waals surface area contributed by atoms with Crippen LogP contribution in [0.5, 0.6) is 0 Å². The van der Waals surface area contributed by atoms with Crippen LogP contribution in [0.2, 0.25) is 0 Å². The Morgan fingerprint density at radius 1 is 1.17 bits per heavy atom. The molecule has 3 aromatic rings. The van der Waals surface area contributed by atoms with E-state index in [0.29, 0.717) is 11.6 Å². The van der Waals surface area contributed by atoms with Gasteiger partial charge in [0.2, 0.25) is 0 Å². The zero-order chi connectivity index (χ0) is 20.2. The first kappa shape index (κ1) is 19.2. The molecular formula is C21H24N6O2. The van der Waals surface area contributed by atoms with Gasteiger partial charge in [0, 0.05) is 25.0 Å². The van der Waals surface area contributed by atoms with E-state index in [9.17, 15) is 4.79 Å². The Balaban J connectivity index is 1.42. The fraction of sp³-hybridized carbons (Fsp3) is 0.429. The van der Waals surface area contributed by atoms with E-state index in [1.165, 1.54) is 6.33 Å². The van der Waals surface area contributed by atoms with E-state index in [1.807, 2.05) is 24.8 Å². The summed E-state index contributed by atoms with van der Waals surface area (Å²) < 4.78 is 5.27. The highest BCUT2D eigenvalue weighted by molar-refractivity contribution is 5.92. The number of nitrogens with zero attached hydrogens (tertiary/aromatic N) is 6. The minimum absolute atomic E-state index is 0.0178. The van der Waals surface area contributed by atoms with Gasteiger partial charge in [0.15, 0.2) is 0 Å². The predicted molar refractivity (Wildman–Crippen MR) is 106 cm³/mol. The summed E-state index contributed by atoms with van der Waals surface area (Å²) in [4.78, 5) is 31.4. The third-order valence-electron chi connectivity index (χ3n) is 5.45. The van der Waals surface area contributed by atoms with Crippen molar-refractivity contribution in [1.29, 1.82) is 0 Å². The average Bonchev–Trinajstić information content (AvgIpc) is 2.93. The lowest BCUT2D eigenvalue weighted by Gasteiger charge is -2.20. The molecule has 1 saturated heterocycles. The van der Waals surface area contributed by atoms with Crippen molar-refractivity contribution in [1.82, 2.24) is 30.0 Å². The third-order valence-corrected chi connectivity index (χ3v) is 5.45. The molecule has 1 amide bonds. The summed E-state index contributed by atoms with van der Waals surface area (Å²) in [6.45, 7) is 5.30. The Bertz CT molecular complexity index is 968. The zero-order valence-electron chi connectivity index (χ0n) is 16.7. The largest absolute Gasteiger partial charge is 0.361 e. The van der Waals surface area contributed by atoms with Crippen LogP contribution in [-0.4, -0.2) is 49.0 Å². The molecule has 8 nitrogen and oxygen atoms in total. The average molecular weight is 392 g/mol. The number of carbonyl (C=O) groups is 1. The lowest BCUT2D eigenvalue weighted by Crippen LogP contribution is -2.32. The molecule has 0 saturated carbocycles. The van der Waals surface area contributed by atoms with Gasteiger partial charge in [0.05, 0.1) is 17.0 Å². The summed E-state index contributed by atoms with van der Waals surface area (Å²) in [5, 5.41) is 4.02. The molecule has 1 atom stereocenters. The number of hydrogen-bond donors (Lipinski definition) is 0. The monoisotopic (exact) mass is 392 g/mol. The smallest absolute Gasteiger partial charge is 0.272 e. The maximum absolute atomic E-state index is 12.7. The van der Waals surface area contributed by atoms with E-state index >= 15 is 0 Å². The second-order valence-corrected chi connectivity index (χ2v) is 7.48. The molecule has 0 aliphatic carbocycles. The zero-order valence-corrected chi connectivity index (χ0v) is 16.7. The van der Waals surface area contributed by atoms with Gasteiger partial charge in [-0.05, 0) is 57.6 Å². The molecule has 0 bridgehead atoms. The van der Waals surface area contributed by atoms with Gasteiger partial charge in [-0.15, -0.1) is 0 Å². The Morgan fingerprint density at radius 2 is 2.07 bits per heavy atom. The Hall–Kier alpha value is -3.16. The molecule has 1 aliphatic heterocycles. The van der Waals surface area contributed by atoms with Crippen molar-refractivity contribution >= 4 is 5.91 Å². The SMILES string of the molecule is Cc1noc(C)c1-c1cc(C[C@@H]2CCCN(C(=O)c3ccncn3)CC2)ncn1. The molecule has 0 unspecified atom stereocenters. The number of amides is 1. The fourth-order valence-corrected chi connectivity index (χ4v) is 3.94. The van der Waals surface area contributed by atoms with E-state index in [1.54, 1.807) is 18.6 Å². The maximum Gasteiger partial charge on any atom is 0.272 e. The van der Waals surface area contributed by atoms with Crippen LogP contribution in [0.4, 0.5) is 0 Å². The topological polar surface area (TPSA) is 97.9 Å². The summed E-state index contributed by atoms with van der Waals surface area (Å²) in [6.07, 6.45) is 8.49. The molecule has 0 spiro atoms. The normalized spacial score (nSPS) is 17.2. The molecule has 0 aromatic carbocycles. The molecule has 1 aliphatic rings. The number of aromatic nitrogens is 5. The number of hydrogen-bond acceptors (Lipinski definition) is 7. The quantitative estimate of drug-likeness (QED) is 0.673. The Labute approximate surface area is 169 Å². The van der Waals surface area contributed by atoms with Gasteiger partial charge in [-0.3, -0.25) is 4.79 Å². The van der Waals surface area contributed by atoms with Crippen LogP contribution in [0.3, 0.4) is 0 Å². The van der Waals surface area contributed by atoms with Crippen LogP contribution in [-0.2, 0) is 6.42 Å². The van der Waals surface area contributed by atoms with E-state index in [0.717, 1.165) is 67.2 Å². The van der Waals surface area contributed by atoms with Crippen molar-refractivity contribution in [2.75, 3.05) is 13.1 Å². The van der Waals surface area contributed by atoms with Crippen LogP contribution >= 0.6 is 0 Å². The molecule has 4 rings (SSSR count). The van der Waals surface area contributed by atoms with Crippen molar-refractivity contribution in [3.8, 4) is 11.3 Å². The van der Waals surface area contributed by atoms with Crippen LogP contribution in [0.15, 0.2) is 35.5 Å². The second-order valence-electron chi connectivity index (χ2n) is 7.48. The molecule has 0 radical (unpaired) electrons. The molecule has 1 fully saturated rings. The van der Waals surface area contributed by atoms with Crippen molar-refractivity contribution in [2.45, 2.75) is 39.5 Å². The molecule has 29 heavy (non-hydrogen) atoms. The molecule has 8 heteroatoms. The van der Waals surface area contributed by atoms with Gasteiger partial charge in [-0.2, -0.15) is 0 Å². The van der Waals surface area contributed by atoms with Crippen LogP contribution < -0.4 is 0 Å². The highest BCUT2D eigenvalue weighted by Gasteiger charge is 2.23. The van der Waals surface area contributed by atoms with Gasteiger partial charge in [0.1, 0.15) is 24.1 Å². The lowest BCUT2D eigenvalue weighted by molar-refractivity contribution is 0.0754. The molecule has 150 valence electrons. The summed E-state index contributed by atoms with van der Waals surface area (Å²) in [7, 11) is 0. The minimum Gasteiger partial charge on any atom is -0.361 e. The lowest BCUT2D eigenvalue weighted by atomic mass is 9.94. The Morgan fingerprint density at radius 3 is 2.83 bits per heavy atom. The molecule has 0 N–H and O–H groups in total. The van der Waals surface area contributed by atoms with Gasteiger partial charge in [-0.1, -0.05) is 5.16 Å². The van der Waals surface area contributed by atoms with Crippen LogP contribution in [0.1, 0.15) is 46.9 Å². The third kappa shape index (κ3) is 4.31. The van der Waals surface area contributed by atoms with Gasteiger partial charge in [0.25, 0.3) is 5.91 Å². The molecule has 4 heterocycles. The van der Waals surface area contributed by atoms with Crippen molar-refractivity contribution in [3.63, 3.8) is 0 Å². The first-order valence-electron chi connectivity index (χ1n) is 9.91. The van der Waals surface area contributed by atoms with Gasteiger partial charge in [-0.25, -0.2) is 19.9 Å². The highest BCUT2D eigenvalue weighted by Crippen LogP contribution is 2.27. The van der Waals surface area contributed by atoms with Crippen LogP contribution in [0.25, 0.3) is 11.3 Å². The second kappa shape index (κ2) is 8.46. The van der Waals surface area contributed by atoms with Gasteiger partial charge >= 0.3 is 0 Å². The number of carbonyl (C=O) groups excluding carboxylic acids is 1. The minimum atomic E-state index is -0.0178. The number of rotatable bonds is 4. The van der Waals surface area contributed by atoms with E-state index < -0.39 is 0 Å². The number of likely N-dealkylation sites (tertiary alicyclic amines) is 1. The van der Waals surface area contributed by atoms with Crippen molar-refractivity contribution in [3.05, 3.63) is 53.8 Å². The van der Waals surface area contributed by atoms with E-state index in [-0.39, 0.29) is 5.91 Å². The fourth-order valence-electron chi connectivity index (χ4n) is 3.94. The first-order valence-corrected chi connectivity index (χ1v) is 9.91. The summed E-state index contributed by atoms with van der Waals surface area (Å²) in [6, 6.07) is 3.70. The Kier molecular flexibility index (Phi) is 5.59. The maximum atomic E-state index is 12.7. The standard InChI is InChI=1S/C21H24N6O2/c1-14-20(15(2)29-26-14)19-11-17(23-13-25-19)10-16-4-3-8-27(9-6-16)21(28)18-5-7-22-12-24-18/h5,7,11-13,16H,3-4,6,8-10H2,1-2H3/t16-/m1/s1. The molecule has 3 aromatic heterocycles.